The second kappa shape index (κ2) is 5.19. The first-order chi connectivity index (χ1) is 11.1. The molecule has 1 aromatic carbocycles. The first kappa shape index (κ1) is 13.9. The van der Waals surface area contributed by atoms with E-state index in [0.717, 1.165) is 47.4 Å². The predicted octanol–water partition coefficient (Wildman–Crippen LogP) is 1.89. The van der Waals surface area contributed by atoms with Crippen LogP contribution in [-0.4, -0.2) is 44.0 Å². The average molecular weight is 311 g/mol. The molecule has 0 saturated carbocycles. The molecular weight excluding hydrogens is 294 g/mol. The number of hydrogen-bond donors (Lipinski definition) is 1. The van der Waals surface area contributed by atoms with Crippen molar-refractivity contribution in [1.29, 1.82) is 0 Å². The van der Waals surface area contributed by atoms with E-state index in [-0.39, 0.29) is 5.92 Å². The number of benzene rings is 1. The third kappa shape index (κ3) is 2.19. The van der Waals surface area contributed by atoms with E-state index in [1.54, 1.807) is 4.52 Å². The maximum Gasteiger partial charge on any atom is 0.308 e. The van der Waals surface area contributed by atoms with Gasteiger partial charge in [0.2, 0.25) is 0 Å². The minimum absolute atomic E-state index is 0.345. The maximum atomic E-state index is 11.3. The van der Waals surface area contributed by atoms with E-state index in [0.29, 0.717) is 6.54 Å². The summed E-state index contributed by atoms with van der Waals surface area (Å²) in [6.07, 6.45) is 1.57. The molecule has 118 valence electrons. The van der Waals surface area contributed by atoms with Gasteiger partial charge in [0.15, 0.2) is 17.3 Å². The molecule has 0 aliphatic carbocycles. The lowest BCUT2D eigenvalue weighted by molar-refractivity contribution is -0.141. The van der Waals surface area contributed by atoms with E-state index in [1.807, 2.05) is 31.2 Å². The van der Waals surface area contributed by atoms with Gasteiger partial charge in [0.25, 0.3) is 0 Å². The Kier molecular flexibility index (Phi) is 3.14. The molecule has 0 bridgehead atoms. The molecule has 1 fully saturated rings. The number of fused-ring (bicyclic) bond motifs is 3. The smallest absolute Gasteiger partial charge is 0.308 e. The van der Waals surface area contributed by atoms with Gasteiger partial charge in [-0.3, -0.25) is 4.79 Å². The molecule has 0 spiro atoms. The van der Waals surface area contributed by atoms with Crippen LogP contribution in [0.5, 0.6) is 0 Å². The Morgan fingerprint density at radius 3 is 2.83 bits per heavy atom. The summed E-state index contributed by atoms with van der Waals surface area (Å²) in [5.74, 6) is 0.448. The van der Waals surface area contributed by atoms with Gasteiger partial charge in [0.1, 0.15) is 0 Å². The number of rotatable bonds is 2. The molecule has 1 aliphatic heterocycles. The summed E-state index contributed by atoms with van der Waals surface area (Å²) < 4.78 is 1.74. The van der Waals surface area contributed by atoms with Gasteiger partial charge in [-0.25, -0.2) is 0 Å². The normalized spacial score (nSPS) is 18.7. The number of aromatic nitrogens is 4. The second-order valence-corrected chi connectivity index (χ2v) is 5.98. The molecule has 3 heterocycles. The highest BCUT2D eigenvalue weighted by Crippen LogP contribution is 2.30. The highest BCUT2D eigenvalue weighted by molar-refractivity contribution is 6.00. The van der Waals surface area contributed by atoms with Crippen LogP contribution in [0.15, 0.2) is 24.3 Å². The Bertz CT molecular complexity index is 904. The van der Waals surface area contributed by atoms with Crippen LogP contribution in [0.25, 0.3) is 16.4 Å². The standard InChI is InChI=1S/C16H17N5O2/c1-10-17-18-14-12-6-2-3-7-13(12)15(19-21(10)14)20-8-4-5-11(9-20)16(22)23/h2-3,6-7,11H,4-5,8-9H2,1H3,(H,22,23). The molecule has 4 rings (SSSR count). The van der Waals surface area contributed by atoms with Crippen molar-refractivity contribution in [1.82, 2.24) is 19.8 Å². The topological polar surface area (TPSA) is 83.6 Å². The lowest BCUT2D eigenvalue weighted by Gasteiger charge is -2.32. The van der Waals surface area contributed by atoms with Crippen LogP contribution in [-0.2, 0) is 4.79 Å². The predicted molar refractivity (Wildman–Crippen MR) is 85.6 cm³/mol. The monoisotopic (exact) mass is 311 g/mol. The molecule has 1 aliphatic rings. The summed E-state index contributed by atoms with van der Waals surface area (Å²) >= 11 is 0. The van der Waals surface area contributed by atoms with E-state index in [1.165, 1.54) is 0 Å². The van der Waals surface area contributed by atoms with Crippen LogP contribution in [0.3, 0.4) is 0 Å². The van der Waals surface area contributed by atoms with Crippen molar-refractivity contribution in [3.8, 4) is 0 Å². The summed E-state index contributed by atoms with van der Waals surface area (Å²) in [5, 5.41) is 24.3. The van der Waals surface area contributed by atoms with Crippen LogP contribution in [0, 0.1) is 12.8 Å². The largest absolute Gasteiger partial charge is 0.481 e. The molecule has 2 aromatic heterocycles. The zero-order chi connectivity index (χ0) is 16.0. The van der Waals surface area contributed by atoms with Crippen LogP contribution in [0.4, 0.5) is 5.82 Å². The lowest BCUT2D eigenvalue weighted by Crippen LogP contribution is -2.39. The summed E-state index contributed by atoms with van der Waals surface area (Å²) in [6, 6.07) is 7.94. The molecule has 1 N–H and O–H groups in total. The Balaban J connectivity index is 1.90. The number of anilines is 1. The molecule has 23 heavy (non-hydrogen) atoms. The molecule has 3 aromatic rings. The van der Waals surface area contributed by atoms with Gasteiger partial charge in [-0.15, -0.1) is 15.3 Å². The number of nitrogens with zero attached hydrogens (tertiary/aromatic N) is 5. The first-order valence-corrected chi connectivity index (χ1v) is 7.73. The van der Waals surface area contributed by atoms with Crippen molar-refractivity contribution in [2.45, 2.75) is 19.8 Å². The minimum Gasteiger partial charge on any atom is -0.481 e. The fraction of sp³-hybridized carbons (Fsp3) is 0.375. The van der Waals surface area contributed by atoms with Crippen molar-refractivity contribution in [3.63, 3.8) is 0 Å². The van der Waals surface area contributed by atoms with E-state index in [4.69, 9.17) is 5.10 Å². The molecule has 7 heteroatoms. The van der Waals surface area contributed by atoms with E-state index < -0.39 is 5.97 Å². The first-order valence-electron chi connectivity index (χ1n) is 7.73. The Morgan fingerprint density at radius 1 is 1.26 bits per heavy atom. The molecule has 7 nitrogen and oxygen atoms in total. The van der Waals surface area contributed by atoms with E-state index >= 15 is 0 Å². The number of aryl methyl sites for hydroxylation is 1. The van der Waals surface area contributed by atoms with Crippen molar-refractivity contribution < 1.29 is 9.90 Å². The number of hydrogen-bond acceptors (Lipinski definition) is 5. The molecule has 1 unspecified atom stereocenters. The third-order valence-electron chi connectivity index (χ3n) is 4.47. The van der Waals surface area contributed by atoms with Gasteiger partial charge in [-0.2, -0.15) is 4.52 Å². The molecule has 1 saturated heterocycles. The highest BCUT2D eigenvalue weighted by Gasteiger charge is 2.27. The van der Waals surface area contributed by atoms with Crippen molar-refractivity contribution >= 4 is 28.2 Å². The number of carboxylic acid groups (broad SMARTS) is 1. The Hall–Kier alpha value is -2.70. The van der Waals surface area contributed by atoms with Crippen molar-refractivity contribution in [2.75, 3.05) is 18.0 Å². The molecule has 0 radical (unpaired) electrons. The third-order valence-corrected chi connectivity index (χ3v) is 4.47. The molecular formula is C16H17N5O2. The fourth-order valence-corrected chi connectivity index (χ4v) is 3.27. The Morgan fingerprint density at radius 2 is 2.04 bits per heavy atom. The van der Waals surface area contributed by atoms with Gasteiger partial charge in [0.05, 0.1) is 5.92 Å². The number of carboxylic acids is 1. The average Bonchev–Trinajstić information content (AvgIpc) is 2.95. The quantitative estimate of drug-likeness (QED) is 0.778. The van der Waals surface area contributed by atoms with Crippen molar-refractivity contribution in [3.05, 3.63) is 30.1 Å². The lowest BCUT2D eigenvalue weighted by atomic mass is 9.98. The van der Waals surface area contributed by atoms with Gasteiger partial charge < -0.3 is 10.0 Å². The van der Waals surface area contributed by atoms with Crippen LogP contribution in [0.1, 0.15) is 18.7 Å². The van der Waals surface area contributed by atoms with Gasteiger partial charge in [0, 0.05) is 23.9 Å². The van der Waals surface area contributed by atoms with Gasteiger partial charge >= 0.3 is 5.97 Å². The summed E-state index contributed by atoms with van der Waals surface area (Å²) in [5.41, 5.74) is 0.730. The van der Waals surface area contributed by atoms with Crippen LogP contribution < -0.4 is 4.90 Å². The molecule has 1 atom stereocenters. The Labute approximate surface area is 132 Å². The zero-order valence-corrected chi connectivity index (χ0v) is 12.8. The number of carbonyl (C=O) groups is 1. The minimum atomic E-state index is -0.736. The summed E-state index contributed by atoms with van der Waals surface area (Å²) in [6.45, 7) is 3.16. The number of piperidine rings is 1. The maximum absolute atomic E-state index is 11.3. The van der Waals surface area contributed by atoms with Gasteiger partial charge in [-0.05, 0) is 19.8 Å². The van der Waals surface area contributed by atoms with Crippen LogP contribution >= 0.6 is 0 Å². The van der Waals surface area contributed by atoms with E-state index in [2.05, 4.69) is 15.1 Å². The fourth-order valence-electron chi connectivity index (χ4n) is 3.27. The zero-order valence-electron chi connectivity index (χ0n) is 12.8. The number of aliphatic carboxylic acids is 1. The summed E-state index contributed by atoms with van der Waals surface area (Å²) in [4.78, 5) is 13.4. The van der Waals surface area contributed by atoms with E-state index in [9.17, 15) is 9.90 Å². The highest BCUT2D eigenvalue weighted by atomic mass is 16.4. The second-order valence-electron chi connectivity index (χ2n) is 5.98. The van der Waals surface area contributed by atoms with Gasteiger partial charge in [-0.1, -0.05) is 24.3 Å². The van der Waals surface area contributed by atoms with Crippen molar-refractivity contribution in [2.24, 2.45) is 5.92 Å². The SMILES string of the molecule is Cc1nnc2c3ccccc3c(N3CCCC(C(=O)O)C3)nn12. The van der Waals surface area contributed by atoms with Crippen LogP contribution in [0.2, 0.25) is 0 Å². The summed E-state index contributed by atoms with van der Waals surface area (Å²) in [7, 11) is 0. The molecule has 0 amide bonds.